The summed E-state index contributed by atoms with van der Waals surface area (Å²) in [6.07, 6.45) is 8.82. The maximum Gasteiger partial charge on any atom is 0.302 e. The molecule has 0 N–H and O–H groups in total. The molecule has 0 aromatic rings. The van der Waals surface area contributed by atoms with Crippen molar-refractivity contribution in [2.75, 3.05) is 0 Å². The van der Waals surface area contributed by atoms with Crippen molar-refractivity contribution in [2.24, 2.45) is 34.5 Å². The van der Waals surface area contributed by atoms with Gasteiger partial charge < -0.3 is 9.47 Å². The number of ketones is 1. The van der Waals surface area contributed by atoms with Gasteiger partial charge in [0.1, 0.15) is 12.2 Å². The highest BCUT2D eigenvalue weighted by molar-refractivity contribution is 5.95. The monoisotopic (exact) mass is 416 g/mol. The molecule has 0 aliphatic heterocycles. The number of ether oxygens (including phenoxy) is 2. The van der Waals surface area contributed by atoms with E-state index in [0.717, 1.165) is 50.5 Å². The Morgan fingerprint density at radius 1 is 0.933 bits per heavy atom. The third-order valence-electron chi connectivity index (χ3n) is 9.30. The molecule has 4 rings (SSSR count). The molecule has 0 radical (unpaired) electrons. The van der Waals surface area contributed by atoms with Crippen molar-refractivity contribution in [3.63, 3.8) is 0 Å². The van der Waals surface area contributed by atoms with Gasteiger partial charge >= 0.3 is 11.9 Å². The molecule has 0 bridgehead atoms. The molecule has 0 aromatic carbocycles. The summed E-state index contributed by atoms with van der Waals surface area (Å²) in [5, 5.41) is 0. The zero-order valence-electron chi connectivity index (χ0n) is 19.0. The lowest BCUT2D eigenvalue weighted by molar-refractivity contribution is -0.185. The van der Waals surface area contributed by atoms with Crippen LogP contribution in [0.3, 0.4) is 0 Å². The van der Waals surface area contributed by atoms with Gasteiger partial charge in [-0.15, -0.1) is 0 Å². The predicted octanol–water partition coefficient (Wildman–Crippen LogP) is 4.63. The van der Waals surface area contributed by atoms with E-state index in [4.69, 9.17) is 9.47 Å². The van der Waals surface area contributed by atoms with Crippen molar-refractivity contribution < 1.29 is 23.9 Å². The topological polar surface area (TPSA) is 69.7 Å². The van der Waals surface area contributed by atoms with E-state index < -0.39 is 0 Å². The highest BCUT2D eigenvalue weighted by atomic mass is 16.5. The first-order valence-corrected chi connectivity index (χ1v) is 11.6. The van der Waals surface area contributed by atoms with Gasteiger partial charge in [-0.1, -0.05) is 19.9 Å². The third-order valence-corrected chi connectivity index (χ3v) is 9.30. The summed E-state index contributed by atoms with van der Waals surface area (Å²) in [6, 6.07) is 0. The highest BCUT2D eigenvalue weighted by Crippen LogP contribution is 2.67. The molecule has 3 unspecified atom stereocenters. The van der Waals surface area contributed by atoms with Crippen LogP contribution in [0.5, 0.6) is 0 Å². The van der Waals surface area contributed by atoms with Crippen LogP contribution in [0.1, 0.15) is 79.6 Å². The molecule has 3 saturated carbocycles. The van der Waals surface area contributed by atoms with Crippen LogP contribution in [-0.2, 0) is 23.9 Å². The Morgan fingerprint density at radius 2 is 1.63 bits per heavy atom. The van der Waals surface area contributed by atoms with E-state index in [1.165, 1.54) is 13.8 Å². The minimum atomic E-state index is -0.378. The molecule has 0 heterocycles. The maximum atomic E-state index is 12.5. The normalized spacial score (nSPS) is 44.8. The zero-order valence-corrected chi connectivity index (χ0v) is 19.0. The summed E-state index contributed by atoms with van der Waals surface area (Å²) in [5.41, 5.74) is 0.651. The number of esters is 2. The fraction of sp³-hybridized carbons (Fsp3) is 0.800. The van der Waals surface area contributed by atoms with Crippen molar-refractivity contribution in [3.8, 4) is 0 Å². The van der Waals surface area contributed by atoms with Gasteiger partial charge in [0.05, 0.1) is 0 Å². The standard InChI is InChI=1S/C25H36O5/c1-14(26)20-8-9-21-19-7-6-17-12-18(29-15(2)27)10-11-24(17,4)22(19)13-23(25(20,21)5)30-16(3)28/h8,17-19,21-23H,6-7,9-13H2,1-5H3/t17?,18?,19-,21-,22-,23?,24-,25+/m0/s1. The van der Waals surface area contributed by atoms with Crippen molar-refractivity contribution in [1.82, 2.24) is 0 Å². The van der Waals surface area contributed by atoms with Crippen LogP contribution in [0, 0.1) is 34.5 Å². The van der Waals surface area contributed by atoms with Crippen LogP contribution in [0.2, 0.25) is 0 Å². The summed E-state index contributed by atoms with van der Waals surface area (Å²) >= 11 is 0. The molecule has 30 heavy (non-hydrogen) atoms. The Hall–Kier alpha value is -1.65. The lowest BCUT2D eigenvalue weighted by atomic mass is 9.44. The van der Waals surface area contributed by atoms with Crippen LogP contribution in [0.4, 0.5) is 0 Å². The predicted molar refractivity (Wildman–Crippen MR) is 112 cm³/mol. The molecule has 0 spiro atoms. The largest absolute Gasteiger partial charge is 0.463 e. The molecule has 3 fully saturated rings. The van der Waals surface area contributed by atoms with Gasteiger partial charge in [-0.05, 0) is 81.0 Å². The second-order valence-electron chi connectivity index (χ2n) is 10.7. The molecule has 0 saturated heterocycles. The SMILES string of the molecule is CC(=O)OC1CC[C@@]2(C)C(CC[C@@H]3[C@@H]2CC(OC(C)=O)[C@]2(C)C(C(C)=O)=CC[C@@H]32)C1. The lowest BCUT2D eigenvalue weighted by Gasteiger charge is -2.62. The molecule has 5 heteroatoms. The van der Waals surface area contributed by atoms with Crippen molar-refractivity contribution in [3.05, 3.63) is 11.6 Å². The number of hydrogen-bond donors (Lipinski definition) is 0. The molecule has 8 atom stereocenters. The number of carbonyl (C=O) groups is 3. The van der Waals surface area contributed by atoms with E-state index in [1.54, 1.807) is 6.92 Å². The second kappa shape index (κ2) is 7.49. The van der Waals surface area contributed by atoms with E-state index in [2.05, 4.69) is 19.9 Å². The Bertz CT molecular complexity index is 784. The average Bonchev–Trinajstić information content (AvgIpc) is 3.01. The first-order valence-electron chi connectivity index (χ1n) is 11.6. The smallest absolute Gasteiger partial charge is 0.302 e. The number of allylic oxidation sites excluding steroid dienone is 1. The molecule has 5 nitrogen and oxygen atoms in total. The first kappa shape index (κ1) is 21.6. The Labute approximate surface area is 179 Å². The third kappa shape index (κ3) is 3.23. The summed E-state index contributed by atoms with van der Waals surface area (Å²) in [6.45, 7) is 9.20. The van der Waals surface area contributed by atoms with Crippen molar-refractivity contribution in [1.29, 1.82) is 0 Å². The van der Waals surface area contributed by atoms with Gasteiger partial charge in [-0.2, -0.15) is 0 Å². The van der Waals surface area contributed by atoms with E-state index in [-0.39, 0.29) is 40.8 Å². The Kier molecular flexibility index (Phi) is 5.39. The molecule has 4 aliphatic carbocycles. The molecule has 0 amide bonds. The minimum absolute atomic E-state index is 0.0349. The Balaban J connectivity index is 1.64. The number of hydrogen-bond acceptors (Lipinski definition) is 5. The molecular weight excluding hydrogens is 380 g/mol. The number of carbonyl (C=O) groups excluding carboxylic acids is 3. The minimum Gasteiger partial charge on any atom is -0.463 e. The fourth-order valence-electron chi connectivity index (χ4n) is 7.98. The van der Waals surface area contributed by atoms with Gasteiger partial charge in [-0.3, -0.25) is 14.4 Å². The quantitative estimate of drug-likeness (QED) is 0.628. The van der Waals surface area contributed by atoms with E-state index in [9.17, 15) is 14.4 Å². The molecule has 4 aliphatic rings. The van der Waals surface area contributed by atoms with Crippen LogP contribution < -0.4 is 0 Å². The van der Waals surface area contributed by atoms with Gasteiger partial charge in [0, 0.05) is 24.8 Å². The van der Waals surface area contributed by atoms with Gasteiger partial charge in [0.2, 0.25) is 0 Å². The summed E-state index contributed by atoms with van der Waals surface area (Å²) in [4.78, 5) is 35.9. The van der Waals surface area contributed by atoms with Crippen LogP contribution in [-0.4, -0.2) is 29.9 Å². The summed E-state index contributed by atoms with van der Waals surface area (Å²) < 4.78 is 11.5. The maximum absolute atomic E-state index is 12.5. The van der Waals surface area contributed by atoms with Crippen molar-refractivity contribution >= 4 is 17.7 Å². The molecular formula is C25H36O5. The first-order chi connectivity index (χ1) is 14.1. The van der Waals surface area contributed by atoms with Crippen LogP contribution in [0.15, 0.2) is 11.6 Å². The van der Waals surface area contributed by atoms with E-state index >= 15 is 0 Å². The van der Waals surface area contributed by atoms with E-state index in [0.29, 0.717) is 23.7 Å². The van der Waals surface area contributed by atoms with E-state index in [1.807, 2.05) is 0 Å². The van der Waals surface area contributed by atoms with Crippen LogP contribution in [0.25, 0.3) is 0 Å². The number of rotatable bonds is 3. The summed E-state index contributed by atoms with van der Waals surface area (Å²) in [7, 11) is 0. The summed E-state index contributed by atoms with van der Waals surface area (Å²) in [5.74, 6) is 1.55. The number of Topliss-reactive ketones (excluding diaryl/α,β-unsaturated/α-hetero) is 1. The van der Waals surface area contributed by atoms with Gasteiger partial charge in [-0.25, -0.2) is 0 Å². The van der Waals surface area contributed by atoms with Crippen molar-refractivity contribution in [2.45, 2.75) is 91.8 Å². The van der Waals surface area contributed by atoms with Gasteiger partial charge in [0.25, 0.3) is 0 Å². The Morgan fingerprint density at radius 3 is 2.27 bits per heavy atom. The highest BCUT2D eigenvalue weighted by Gasteiger charge is 2.63. The molecule has 0 aromatic heterocycles. The zero-order chi connectivity index (χ0) is 21.8. The average molecular weight is 417 g/mol. The molecule has 166 valence electrons. The fourth-order valence-corrected chi connectivity index (χ4v) is 7.98. The second-order valence-corrected chi connectivity index (χ2v) is 10.7. The lowest BCUT2D eigenvalue weighted by Crippen LogP contribution is -2.59. The number of fused-ring (bicyclic) bond motifs is 5. The van der Waals surface area contributed by atoms with Gasteiger partial charge in [0.15, 0.2) is 5.78 Å². The van der Waals surface area contributed by atoms with Crippen LogP contribution >= 0.6 is 0 Å².